The molecule has 19 heavy (non-hydrogen) atoms. The van der Waals surface area contributed by atoms with Gasteiger partial charge < -0.3 is 4.74 Å². The van der Waals surface area contributed by atoms with E-state index in [0.29, 0.717) is 24.5 Å². The molecule has 0 radical (unpaired) electrons. The molecule has 0 aliphatic rings. The van der Waals surface area contributed by atoms with Gasteiger partial charge in [-0.15, -0.1) is 0 Å². The van der Waals surface area contributed by atoms with Crippen LogP contribution in [0.4, 0.5) is 0 Å². The van der Waals surface area contributed by atoms with Crippen LogP contribution in [0, 0.1) is 11.3 Å². The highest BCUT2D eigenvalue weighted by atomic mass is 16.5. The average Bonchev–Trinajstić information content (AvgIpc) is 2.35. The number of Topliss-reactive ketones (excluding diaryl/α,β-unsaturated/α-hetero) is 1. The summed E-state index contributed by atoms with van der Waals surface area (Å²) in [6.07, 6.45) is 2.13. The van der Waals surface area contributed by atoms with E-state index in [2.05, 4.69) is 27.7 Å². The number of benzene rings is 1. The molecule has 0 bridgehead atoms. The predicted octanol–water partition coefficient (Wildman–Crippen LogP) is 4.27. The van der Waals surface area contributed by atoms with Crippen molar-refractivity contribution in [1.82, 2.24) is 0 Å². The molecule has 0 saturated carbocycles. The van der Waals surface area contributed by atoms with E-state index in [4.69, 9.17) is 4.74 Å². The van der Waals surface area contributed by atoms with Crippen molar-refractivity contribution in [3.8, 4) is 5.75 Å². The molecule has 2 heteroatoms. The third-order valence-corrected chi connectivity index (χ3v) is 3.86. The summed E-state index contributed by atoms with van der Waals surface area (Å²) in [5.74, 6) is 1.64. The molecule has 0 saturated heterocycles. The van der Waals surface area contributed by atoms with Crippen molar-refractivity contribution < 1.29 is 9.53 Å². The van der Waals surface area contributed by atoms with E-state index in [0.717, 1.165) is 12.2 Å². The van der Waals surface area contributed by atoms with Crippen LogP contribution in [0.25, 0.3) is 0 Å². The maximum atomic E-state index is 12.0. The maximum absolute atomic E-state index is 12.0. The second-order valence-corrected chi connectivity index (χ2v) is 6.36. The number of ether oxygens (including phenoxy) is 1. The average molecular weight is 262 g/mol. The van der Waals surface area contributed by atoms with Gasteiger partial charge in [0.05, 0.1) is 7.11 Å². The molecular weight excluding hydrogens is 236 g/mol. The van der Waals surface area contributed by atoms with Crippen LogP contribution in [0.5, 0.6) is 5.75 Å². The van der Waals surface area contributed by atoms with E-state index in [9.17, 15) is 4.79 Å². The highest BCUT2D eigenvalue weighted by molar-refractivity contribution is 5.78. The zero-order chi connectivity index (χ0) is 14.5. The third-order valence-electron chi connectivity index (χ3n) is 3.86. The van der Waals surface area contributed by atoms with Gasteiger partial charge >= 0.3 is 0 Å². The van der Waals surface area contributed by atoms with Crippen molar-refractivity contribution in [3.63, 3.8) is 0 Å². The first-order valence-electron chi connectivity index (χ1n) is 6.97. The minimum absolute atomic E-state index is 0.204. The van der Waals surface area contributed by atoms with Gasteiger partial charge in [0.15, 0.2) is 0 Å². The normalized spacial score (nSPS) is 13.1. The van der Waals surface area contributed by atoms with E-state index in [1.54, 1.807) is 7.11 Å². The van der Waals surface area contributed by atoms with Gasteiger partial charge in [0.25, 0.3) is 0 Å². The van der Waals surface area contributed by atoms with Gasteiger partial charge in [-0.1, -0.05) is 39.8 Å². The SMILES string of the molecule is COc1ccc(CCC(=O)CC(C)C(C)(C)C)cc1. The molecule has 2 nitrogen and oxygen atoms in total. The first kappa shape index (κ1) is 15.7. The zero-order valence-electron chi connectivity index (χ0n) is 12.8. The second kappa shape index (κ2) is 6.74. The lowest BCUT2D eigenvalue weighted by Crippen LogP contribution is -2.20. The third kappa shape index (κ3) is 5.46. The van der Waals surface area contributed by atoms with Crippen molar-refractivity contribution in [2.75, 3.05) is 7.11 Å². The van der Waals surface area contributed by atoms with Gasteiger partial charge in [0.1, 0.15) is 11.5 Å². The van der Waals surface area contributed by atoms with E-state index in [-0.39, 0.29) is 5.41 Å². The molecule has 0 aliphatic heterocycles. The lowest BCUT2D eigenvalue weighted by Gasteiger charge is -2.26. The Morgan fingerprint density at radius 1 is 1.21 bits per heavy atom. The number of rotatable bonds is 6. The van der Waals surface area contributed by atoms with Crippen LogP contribution in [0.2, 0.25) is 0 Å². The minimum atomic E-state index is 0.204. The van der Waals surface area contributed by atoms with Crippen LogP contribution in [-0.4, -0.2) is 12.9 Å². The summed E-state index contributed by atoms with van der Waals surface area (Å²) in [7, 11) is 1.66. The Hall–Kier alpha value is -1.31. The first-order valence-corrected chi connectivity index (χ1v) is 6.97. The summed E-state index contributed by atoms with van der Waals surface area (Å²) in [5, 5.41) is 0. The van der Waals surface area contributed by atoms with Crippen LogP contribution in [0.15, 0.2) is 24.3 Å². The standard InChI is InChI=1S/C17H26O2/c1-13(17(2,3)4)12-15(18)9-6-14-7-10-16(19-5)11-8-14/h7-8,10-11,13H,6,9,12H2,1-5H3. The Labute approximate surface area is 117 Å². The van der Waals surface area contributed by atoms with E-state index in [1.807, 2.05) is 24.3 Å². The van der Waals surface area contributed by atoms with Crippen LogP contribution < -0.4 is 4.74 Å². The zero-order valence-corrected chi connectivity index (χ0v) is 12.8. The van der Waals surface area contributed by atoms with Crippen molar-refractivity contribution in [2.24, 2.45) is 11.3 Å². The molecule has 0 aliphatic carbocycles. The monoisotopic (exact) mass is 262 g/mol. The summed E-state index contributed by atoms with van der Waals surface area (Å²) >= 11 is 0. The molecule has 0 fully saturated rings. The second-order valence-electron chi connectivity index (χ2n) is 6.36. The molecule has 0 spiro atoms. The lowest BCUT2D eigenvalue weighted by molar-refractivity contribution is -0.120. The van der Waals surface area contributed by atoms with Crippen LogP contribution >= 0.6 is 0 Å². The molecule has 0 N–H and O–H groups in total. The molecule has 0 aromatic heterocycles. The van der Waals surface area contributed by atoms with Gasteiger partial charge in [0.2, 0.25) is 0 Å². The Kier molecular flexibility index (Phi) is 5.59. The molecule has 1 aromatic rings. The number of aryl methyl sites for hydroxylation is 1. The number of hydrogen-bond donors (Lipinski definition) is 0. The molecule has 1 unspecified atom stereocenters. The summed E-state index contributed by atoms with van der Waals surface area (Å²) < 4.78 is 5.12. The van der Waals surface area contributed by atoms with Crippen LogP contribution in [0.1, 0.15) is 46.1 Å². The lowest BCUT2D eigenvalue weighted by atomic mass is 9.79. The topological polar surface area (TPSA) is 26.3 Å². The molecule has 1 aromatic carbocycles. The highest BCUT2D eigenvalue weighted by Crippen LogP contribution is 2.28. The molecule has 0 amide bonds. The number of methoxy groups -OCH3 is 1. The fourth-order valence-electron chi connectivity index (χ4n) is 1.83. The molecule has 1 rings (SSSR count). The Balaban J connectivity index is 2.41. The first-order chi connectivity index (χ1) is 8.82. The maximum Gasteiger partial charge on any atom is 0.133 e. The fraction of sp³-hybridized carbons (Fsp3) is 0.588. The van der Waals surface area contributed by atoms with E-state index >= 15 is 0 Å². The molecular formula is C17H26O2. The van der Waals surface area contributed by atoms with E-state index in [1.165, 1.54) is 5.56 Å². The van der Waals surface area contributed by atoms with Gasteiger partial charge in [-0.2, -0.15) is 0 Å². The van der Waals surface area contributed by atoms with Crippen LogP contribution in [0.3, 0.4) is 0 Å². The van der Waals surface area contributed by atoms with E-state index < -0.39 is 0 Å². The van der Waals surface area contributed by atoms with Gasteiger partial charge in [0, 0.05) is 12.8 Å². The summed E-state index contributed by atoms with van der Waals surface area (Å²) in [6, 6.07) is 7.94. The largest absolute Gasteiger partial charge is 0.497 e. The minimum Gasteiger partial charge on any atom is -0.497 e. The van der Waals surface area contributed by atoms with Crippen molar-refractivity contribution in [2.45, 2.75) is 47.0 Å². The number of hydrogen-bond acceptors (Lipinski definition) is 2. The molecule has 106 valence electrons. The molecule has 1 atom stereocenters. The van der Waals surface area contributed by atoms with Gasteiger partial charge in [-0.05, 0) is 35.4 Å². The summed E-state index contributed by atoms with van der Waals surface area (Å²) in [6.45, 7) is 8.72. The van der Waals surface area contributed by atoms with Crippen molar-refractivity contribution >= 4 is 5.78 Å². The Morgan fingerprint density at radius 2 is 1.79 bits per heavy atom. The number of ketones is 1. The number of carbonyl (C=O) groups excluding carboxylic acids is 1. The van der Waals surface area contributed by atoms with Crippen molar-refractivity contribution in [3.05, 3.63) is 29.8 Å². The van der Waals surface area contributed by atoms with Gasteiger partial charge in [-0.3, -0.25) is 4.79 Å². The quantitative estimate of drug-likeness (QED) is 0.765. The molecule has 0 heterocycles. The number of carbonyl (C=O) groups is 1. The Morgan fingerprint density at radius 3 is 2.26 bits per heavy atom. The summed E-state index contributed by atoms with van der Waals surface area (Å²) in [4.78, 5) is 12.0. The highest BCUT2D eigenvalue weighted by Gasteiger charge is 2.22. The summed E-state index contributed by atoms with van der Waals surface area (Å²) in [5.41, 5.74) is 1.40. The van der Waals surface area contributed by atoms with Crippen LogP contribution in [-0.2, 0) is 11.2 Å². The van der Waals surface area contributed by atoms with Crippen molar-refractivity contribution in [1.29, 1.82) is 0 Å². The fourth-order valence-corrected chi connectivity index (χ4v) is 1.83. The predicted molar refractivity (Wildman–Crippen MR) is 79.6 cm³/mol. The smallest absolute Gasteiger partial charge is 0.133 e. The Bertz CT molecular complexity index is 398. The van der Waals surface area contributed by atoms with Gasteiger partial charge in [-0.25, -0.2) is 0 Å².